The van der Waals surface area contributed by atoms with Crippen LogP contribution in [0.25, 0.3) is 21.6 Å². The Morgan fingerprint density at radius 2 is 2.05 bits per heavy atom. The van der Waals surface area contributed by atoms with Gasteiger partial charge < -0.3 is 5.32 Å². The molecule has 0 aliphatic rings. The van der Waals surface area contributed by atoms with Crippen LogP contribution in [0.15, 0.2) is 54.4 Å². The second-order valence-corrected chi connectivity index (χ2v) is 5.01. The molecule has 0 bridgehead atoms. The molecule has 0 amide bonds. The largest absolute Gasteiger partial charge is 0.366 e. The fourth-order valence-electron chi connectivity index (χ4n) is 1.90. The van der Waals surface area contributed by atoms with Crippen LogP contribution in [0.4, 0.5) is 5.82 Å². The molecular weight excluding hydrogens is 254 g/mol. The Hall–Kier alpha value is -2.20. The molecule has 19 heavy (non-hydrogen) atoms. The van der Waals surface area contributed by atoms with Crippen LogP contribution >= 0.6 is 11.3 Å². The van der Waals surface area contributed by atoms with Gasteiger partial charge >= 0.3 is 0 Å². The first-order chi connectivity index (χ1) is 9.38. The molecule has 0 saturated heterocycles. The van der Waals surface area contributed by atoms with E-state index < -0.39 is 0 Å². The van der Waals surface area contributed by atoms with Crippen molar-refractivity contribution >= 4 is 28.1 Å². The maximum atomic E-state index is 4.62. The lowest BCUT2D eigenvalue weighted by Gasteiger charge is -2.08. The lowest BCUT2D eigenvalue weighted by molar-refractivity contribution is 1.20. The van der Waals surface area contributed by atoms with Gasteiger partial charge in [-0.15, -0.1) is 17.9 Å². The summed E-state index contributed by atoms with van der Waals surface area (Å²) in [7, 11) is 0. The monoisotopic (exact) mass is 267 g/mol. The van der Waals surface area contributed by atoms with E-state index in [1.54, 1.807) is 11.3 Å². The molecule has 3 rings (SSSR count). The highest BCUT2D eigenvalue weighted by Gasteiger charge is 2.08. The number of fused-ring (bicyclic) bond motifs is 1. The summed E-state index contributed by atoms with van der Waals surface area (Å²) in [5, 5.41) is 6.34. The van der Waals surface area contributed by atoms with E-state index in [4.69, 9.17) is 0 Å². The zero-order chi connectivity index (χ0) is 13.1. The Labute approximate surface area is 115 Å². The Morgan fingerprint density at radius 1 is 1.16 bits per heavy atom. The first kappa shape index (κ1) is 11.9. The van der Waals surface area contributed by atoms with E-state index in [0.29, 0.717) is 6.54 Å². The average molecular weight is 267 g/mol. The first-order valence-electron chi connectivity index (χ1n) is 6.04. The summed E-state index contributed by atoms with van der Waals surface area (Å²) in [6, 6.07) is 12.1. The van der Waals surface area contributed by atoms with Crippen molar-refractivity contribution in [1.82, 2.24) is 9.97 Å². The van der Waals surface area contributed by atoms with Gasteiger partial charge in [-0.25, -0.2) is 9.97 Å². The fraction of sp³-hybridized carbons (Fsp3) is 0.0667. The van der Waals surface area contributed by atoms with Crippen molar-refractivity contribution in [2.24, 2.45) is 0 Å². The SMILES string of the molecule is C=CCNc1nc(-c2cccs2)nc2ccccc12. The second-order valence-electron chi connectivity index (χ2n) is 4.06. The van der Waals surface area contributed by atoms with Crippen molar-refractivity contribution < 1.29 is 0 Å². The van der Waals surface area contributed by atoms with Crippen molar-refractivity contribution in [3.05, 3.63) is 54.4 Å². The molecule has 0 atom stereocenters. The van der Waals surface area contributed by atoms with E-state index in [0.717, 1.165) is 27.4 Å². The maximum Gasteiger partial charge on any atom is 0.172 e. The van der Waals surface area contributed by atoms with E-state index in [-0.39, 0.29) is 0 Å². The Bertz CT molecular complexity index is 704. The van der Waals surface area contributed by atoms with Crippen LogP contribution in [-0.4, -0.2) is 16.5 Å². The van der Waals surface area contributed by atoms with Gasteiger partial charge in [0.2, 0.25) is 0 Å². The van der Waals surface area contributed by atoms with E-state index in [2.05, 4.69) is 21.9 Å². The number of aromatic nitrogens is 2. The highest BCUT2D eigenvalue weighted by Crippen LogP contribution is 2.27. The van der Waals surface area contributed by atoms with Crippen LogP contribution in [0.1, 0.15) is 0 Å². The first-order valence-corrected chi connectivity index (χ1v) is 6.92. The molecule has 4 heteroatoms. The third kappa shape index (κ3) is 2.35. The summed E-state index contributed by atoms with van der Waals surface area (Å²) in [5.74, 6) is 1.62. The topological polar surface area (TPSA) is 37.8 Å². The molecule has 0 aliphatic heterocycles. The number of anilines is 1. The second kappa shape index (κ2) is 5.20. The van der Waals surface area contributed by atoms with Gasteiger partial charge in [-0.3, -0.25) is 0 Å². The van der Waals surface area contributed by atoms with Crippen LogP contribution < -0.4 is 5.32 Å². The van der Waals surface area contributed by atoms with Crippen molar-refractivity contribution in [3.8, 4) is 10.7 Å². The summed E-state index contributed by atoms with van der Waals surface area (Å²) in [4.78, 5) is 10.3. The lowest BCUT2D eigenvalue weighted by Crippen LogP contribution is -2.03. The predicted octanol–water partition coefficient (Wildman–Crippen LogP) is 3.96. The minimum atomic E-state index is 0.685. The number of hydrogen-bond acceptors (Lipinski definition) is 4. The lowest BCUT2D eigenvalue weighted by atomic mass is 10.2. The van der Waals surface area contributed by atoms with Gasteiger partial charge in [0.15, 0.2) is 5.82 Å². The van der Waals surface area contributed by atoms with Crippen molar-refractivity contribution in [3.63, 3.8) is 0 Å². The molecule has 2 aromatic heterocycles. The highest BCUT2D eigenvalue weighted by atomic mass is 32.1. The van der Waals surface area contributed by atoms with Gasteiger partial charge in [-0.1, -0.05) is 24.3 Å². The third-order valence-electron chi connectivity index (χ3n) is 2.76. The van der Waals surface area contributed by atoms with Gasteiger partial charge in [0.1, 0.15) is 5.82 Å². The standard InChI is InChI=1S/C15H13N3S/c1-2-9-16-14-11-6-3-4-7-12(11)17-15(18-14)13-8-5-10-19-13/h2-8,10H,1,9H2,(H,16,17,18). The number of benzene rings is 1. The van der Waals surface area contributed by atoms with Gasteiger partial charge in [-0.2, -0.15) is 0 Å². The molecule has 3 aromatic rings. The van der Waals surface area contributed by atoms with Crippen LogP contribution in [0.2, 0.25) is 0 Å². The average Bonchev–Trinajstić information content (AvgIpc) is 2.98. The molecule has 0 aliphatic carbocycles. The smallest absolute Gasteiger partial charge is 0.172 e. The summed E-state index contributed by atoms with van der Waals surface area (Å²) in [6.45, 7) is 4.41. The van der Waals surface area contributed by atoms with Gasteiger partial charge in [0, 0.05) is 11.9 Å². The fourth-order valence-corrected chi connectivity index (χ4v) is 2.55. The Balaban J connectivity index is 2.17. The van der Waals surface area contributed by atoms with Crippen LogP contribution in [0.3, 0.4) is 0 Å². The maximum absolute atomic E-state index is 4.62. The van der Waals surface area contributed by atoms with Gasteiger partial charge in [0.25, 0.3) is 0 Å². The van der Waals surface area contributed by atoms with E-state index in [9.17, 15) is 0 Å². The molecule has 0 unspecified atom stereocenters. The predicted molar refractivity (Wildman–Crippen MR) is 81.5 cm³/mol. The molecule has 0 saturated carbocycles. The number of thiophene rings is 1. The molecule has 94 valence electrons. The minimum Gasteiger partial charge on any atom is -0.366 e. The zero-order valence-corrected chi connectivity index (χ0v) is 11.2. The molecule has 3 nitrogen and oxygen atoms in total. The third-order valence-corrected chi connectivity index (χ3v) is 3.62. The summed E-state index contributed by atoms with van der Waals surface area (Å²) < 4.78 is 0. The number of para-hydroxylation sites is 1. The van der Waals surface area contributed by atoms with E-state index >= 15 is 0 Å². The molecule has 0 fully saturated rings. The molecule has 0 radical (unpaired) electrons. The molecule has 0 spiro atoms. The van der Waals surface area contributed by atoms with Crippen LogP contribution in [0.5, 0.6) is 0 Å². The van der Waals surface area contributed by atoms with Gasteiger partial charge in [-0.05, 0) is 23.6 Å². The number of nitrogens with one attached hydrogen (secondary N) is 1. The number of nitrogens with zero attached hydrogens (tertiary/aromatic N) is 2. The Morgan fingerprint density at radius 3 is 2.84 bits per heavy atom. The van der Waals surface area contributed by atoms with Crippen molar-refractivity contribution in [2.75, 3.05) is 11.9 Å². The Kier molecular flexibility index (Phi) is 3.25. The van der Waals surface area contributed by atoms with Crippen LogP contribution in [0, 0.1) is 0 Å². The molecule has 1 aromatic carbocycles. The normalized spacial score (nSPS) is 10.5. The van der Waals surface area contributed by atoms with Crippen LogP contribution in [-0.2, 0) is 0 Å². The zero-order valence-electron chi connectivity index (χ0n) is 10.3. The summed E-state index contributed by atoms with van der Waals surface area (Å²) >= 11 is 1.64. The number of hydrogen-bond donors (Lipinski definition) is 1. The van der Waals surface area contributed by atoms with Crippen molar-refractivity contribution in [1.29, 1.82) is 0 Å². The molecule has 1 N–H and O–H groups in total. The minimum absolute atomic E-state index is 0.685. The van der Waals surface area contributed by atoms with Gasteiger partial charge in [0.05, 0.1) is 10.4 Å². The number of rotatable bonds is 4. The molecule has 2 heterocycles. The van der Waals surface area contributed by atoms with E-state index in [1.807, 2.05) is 47.9 Å². The highest BCUT2D eigenvalue weighted by molar-refractivity contribution is 7.13. The summed E-state index contributed by atoms with van der Waals surface area (Å²) in [5.41, 5.74) is 0.951. The molecular formula is C15H13N3S. The summed E-state index contributed by atoms with van der Waals surface area (Å²) in [6.07, 6.45) is 1.82. The van der Waals surface area contributed by atoms with Crippen molar-refractivity contribution in [2.45, 2.75) is 0 Å². The van der Waals surface area contributed by atoms with E-state index in [1.165, 1.54) is 0 Å². The quantitative estimate of drug-likeness (QED) is 0.727.